The Hall–Kier alpha value is -4.71. The lowest BCUT2D eigenvalue weighted by atomic mass is 9.99. The summed E-state index contributed by atoms with van der Waals surface area (Å²) in [6, 6.07) is 9.28. The van der Waals surface area contributed by atoms with Crippen molar-refractivity contribution in [3.63, 3.8) is 0 Å². The number of benzene rings is 2. The number of aromatic hydroxyl groups is 2. The van der Waals surface area contributed by atoms with E-state index < -0.39 is 6.03 Å². The molecule has 0 spiro atoms. The van der Waals surface area contributed by atoms with Gasteiger partial charge in [0.2, 0.25) is 11.9 Å². The molecule has 37 heavy (non-hydrogen) atoms. The Morgan fingerprint density at radius 3 is 2.65 bits per heavy atom. The predicted molar refractivity (Wildman–Crippen MR) is 140 cm³/mol. The van der Waals surface area contributed by atoms with Gasteiger partial charge in [0.05, 0.1) is 12.1 Å². The van der Waals surface area contributed by atoms with Crippen molar-refractivity contribution < 1.29 is 19.8 Å². The van der Waals surface area contributed by atoms with Crippen LogP contribution in [0.5, 0.6) is 11.5 Å². The minimum absolute atomic E-state index is 0.0629. The van der Waals surface area contributed by atoms with Gasteiger partial charge in [0.15, 0.2) is 0 Å². The van der Waals surface area contributed by atoms with Gasteiger partial charge in [-0.3, -0.25) is 15.0 Å². The molecule has 12 heteroatoms. The Bertz CT molecular complexity index is 1330. The molecule has 0 saturated heterocycles. The SMILES string of the molecule is CNCC(=O)N1CCc2cc(Nc3ncc(C=N)c(NC(=O)N(C)c4c(O)cccc4O)n3)ccc2C1. The number of para-hydroxylation sites is 1. The third-order valence-electron chi connectivity index (χ3n) is 5.99. The second kappa shape index (κ2) is 10.9. The van der Waals surface area contributed by atoms with Crippen molar-refractivity contribution in [3.05, 3.63) is 59.3 Å². The van der Waals surface area contributed by atoms with Gasteiger partial charge in [-0.2, -0.15) is 4.98 Å². The van der Waals surface area contributed by atoms with Crippen LogP contribution in [0.4, 0.5) is 27.9 Å². The van der Waals surface area contributed by atoms with E-state index in [-0.39, 0.29) is 40.4 Å². The number of amides is 3. The van der Waals surface area contributed by atoms with Crippen LogP contribution in [0.1, 0.15) is 16.7 Å². The number of carbonyl (C=O) groups excluding carboxylic acids is 2. The summed E-state index contributed by atoms with van der Waals surface area (Å²) in [7, 11) is 3.13. The first-order chi connectivity index (χ1) is 17.8. The van der Waals surface area contributed by atoms with Crippen molar-refractivity contribution in [3.8, 4) is 11.5 Å². The Morgan fingerprint density at radius 1 is 1.19 bits per heavy atom. The van der Waals surface area contributed by atoms with Crippen molar-refractivity contribution in [1.29, 1.82) is 5.41 Å². The Labute approximate surface area is 213 Å². The maximum Gasteiger partial charge on any atom is 0.327 e. The van der Waals surface area contributed by atoms with Crippen LogP contribution in [-0.4, -0.2) is 70.4 Å². The summed E-state index contributed by atoms with van der Waals surface area (Å²) in [6.07, 6.45) is 3.14. The first-order valence-corrected chi connectivity index (χ1v) is 11.5. The number of phenolic OH excluding ortho intramolecular Hbond substituents is 2. The molecular weight excluding hydrogens is 476 g/mol. The number of phenols is 2. The van der Waals surface area contributed by atoms with E-state index in [0.29, 0.717) is 19.6 Å². The first-order valence-electron chi connectivity index (χ1n) is 11.5. The predicted octanol–water partition coefficient (Wildman–Crippen LogP) is 2.40. The molecule has 0 unspecified atom stereocenters. The summed E-state index contributed by atoms with van der Waals surface area (Å²) in [5, 5.41) is 36.4. The summed E-state index contributed by atoms with van der Waals surface area (Å²) < 4.78 is 0. The van der Waals surface area contributed by atoms with Crippen molar-refractivity contribution >= 4 is 41.3 Å². The Balaban J connectivity index is 1.50. The van der Waals surface area contributed by atoms with Crippen molar-refractivity contribution in [1.82, 2.24) is 20.2 Å². The molecule has 3 amide bonds. The van der Waals surface area contributed by atoms with Crippen LogP contribution in [-0.2, 0) is 17.8 Å². The fourth-order valence-corrected chi connectivity index (χ4v) is 4.04. The van der Waals surface area contributed by atoms with Crippen LogP contribution in [0.2, 0.25) is 0 Å². The lowest BCUT2D eigenvalue weighted by Crippen LogP contribution is -2.40. The zero-order chi connectivity index (χ0) is 26.5. The van der Waals surface area contributed by atoms with Gasteiger partial charge in [-0.15, -0.1) is 0 Å². The summed E-state index contributed by atoms with van der Waals surface area (Å²) in [4.78, 5) is 36.5. The topological polar surface area (TPSA) is 167 Å². The molecule has 0 atom stereocenters. The number of likely N-dealkylation sites (N-methyl/N-ethyl adjacent to an activating group) is 1. The second-order valence-electron chi connectivity index (χ2n) is 8.48. The highest BCUT2D eigenvalue weighted by Gasteiger charge is 2.22. The van der Waals surface area contributed by atoms with E-state index in [1.807, 2.05) is 23.1 Å². The number of hydrogen-bond donors (Lipinski definition) is 6. The molecule has 2 heterocycles. The molecule has 0 bridgehead atoms. The van der Waals surface area contributed by atoms with E-state index in [1.165, 1.54) is 31.4 Å². The van der Waals surface area contributed by atoms with E-state index in [9.17, 15) is 19.8 Å². The van der Waals surface area contributed by atoms with Crippen LogP contribution < -0.4 is 20.9 Å². The summed E-state index contributed by atoms with van der Waals surface area (Å²) in [5.74, 6) is -0.187. The third-order valence-corrected chi connectivity index (χ3v) is 5.99. The molecule has 2 aromatic carbocycles. The first kappa shape index (κ1) is 25.4. The average molecular weight is 505 g/mol. The quantitative estimate of drug-likeness (QED) is 0.267. The van der Waals surface area contributed by atoms with Crippen molar-refractivity contribution in [2.24, 2.45) is 0 Å². The largest absolute Gasteiger partial charge is 0.506 e. The molecule has 6 N–H and O–H groups in total. The molecule has 1 aromatic heterocycles. The highest BCUT2D eigenvalue weighted by molar-refractivity contribution is 6.04. The monoisotopic (exact) mass is 504 g/mol. The number of carbonyl (C=O) groups is 2. The van der Waals surface area contributed by atoms with Gasteiger partial charge in [-0.05, 0) is 48.9 Å². The molecule has 192 valence electrons. The Kier molecular flexibility index (Phi) is 7.49. The zero-order valence-corrected chi connectivity index (χ0v) is 20.4. The zero-order valence-electron chi connectivity index (χ0n) is 20.4. The second-order valence-corrected chi connectivity index (χ2v) is 8.48. The van der Waals surface area contributed by atoms with Crippen LogP contribution in [0.25, 0.3) is 0 Å². The summed E-state index contributed by atoms with van der Waals surface area (Å²) in [6.45, 7) is 1.50. The number of hydrogen-bond acceptors (Lipinski definition) is 9. The lowest BCUT2D eigenvalue weighted by molar-refractivity contribution is -0.131. The van der Waals surface area contributed by atoms with E-state index >= 15 is 0 Å². The molecule has 0 radical (unpaired) electrons. The maximum atomic E-state index is 12.8. The highest BCUT2D eigenvalue weighted by Crippen LogP contribution is 2.35. The molecule has 4 rings (SSSR count). The average Bonchev–Trinajstić information content (AvgIpc) is 2.88. The number of fused-ring (bicyclic) bond motifs is 1. The number of aromatic nitrogens is 2. The lowest BCUT2D eigenvalue weighted by Gasteiger charge is -2.29. The van der Waals surface area contributed by atoms with E-state index in [4.69, 9.17) is 5.41 Å². The molecule has 1 aliphatic rings. The summed E-state index contributed by atoms with van der Waals surface area (Å²) in [5.41, 5.74) is 3.14. The number of nitrogens with one attached hydrogen (secondary N) is 4. The minimum Gasteiger partial charge on any atom is -0.506 e. The normalized spacial score (nSPS) is 12.4. The molecule has 1 aliphatic heterocycles. The number of rotatable bonds is 7. The Morgan fingerprint density at radius 2 is 1.95 bits per heavy atom. The number of urea groups is 1. The van der Waals surface area contributed by atoms with Gasteiger partial charge in [0, 0.05) is 38.2 Å². The third kappa shape index (κ3) is 5.59. The molecule has 0 fully saturated rings. The van der Waals surface area contributed by atoms with Crippen molar-refractivity contribution in [2.45, 2.75) is 13.0 Å². The van der Waals surface area contributed by atoms with Crippen LogP contribution in [0.3, 0.4) is 0 Å². The number of nitrogens with zero attached hydrogens (tertiary/aromatic N) is 4. The minimum atomic E-state index is -0.685. The van der Waals surface area contributed by atoms with Gasteiger partial charge >= 0.3 is 6.03 Å². The standard InChI is InChI=1S/C25H28N8O4/c1-27-13-21(36)33-9-8-15-10-18(7-6-16(15)14-33)29-24-28-12-17(11-26)23(30-24)31-25(37)32(2)22-19(34)4-3-5-20(22)35/h3-7,10-12,26-27,34-35H,8-9,13-14H2,1-2H3,(H2,28,29,30,31,37). The highest BCUT2D eigenvalue weighted by atomic mass is 16.3. The maximum absolute atomic E-state index is 12.8. The molecular formula is C25H28N8O4. The van der Waals surface area contributed by atoms with Gasteiger partial charge in [-0.1, -0.05) is 12.1 Å². The van der Waals surface area contributed by atoms with E-state index in [2.05, 4.69) is 25.9 Å². The molecule has 0 saturated carbocycles. The van der Waals surface area contributed by atoms with Crippen LogP contribution >= 0.6 is 0 Å². The fourth-order valence-electron chi connectivity index (χ4n) is 4.04. The van der Waals surface area contributed by atoms with Gasteiger partial charge in [0.1, 0.15) is 23.0 Å². The van der Waals surface area contributed by atoms with Crippen LogP contribution in [0, 0.1) is 5.41 Å². The van der Waals surface area contributed by atoms with Gasteiger partial charge in [0.25, 0.3) is 0 Å². The molecule has 3 aromatic rings. The summed E-state index contributed by atoms with van der Waals surface area (Å²) >= 11 is 0. The van der Waals surface area contributed by atoms with Gasteiger partial charge < -0.3 is 31.2 Å². The van der Waals surface area contributed by atoms with E-state index in [0.717, 1.165) is 34.3 Å². The number of anilines is 4. The van der Waals surface area contributed by atoms with Crippen molar-refractivity contribution in [2.75, 3.05) is 42.7 Å². The van der Waals surface area contributed by atoms with E-state index in [1.54, 1.807) is 7.05 Å². The molecule has 0 aliphatic carbocycles. The van der Waals surface area contributed by atoms with Crippen LogP contribution in [0.15, 0.2) is 42.6 Å². The molecule has 12 nitrogen and oxygen atoms in total. The van der Waals surface area contributed by atoms with Gasteiger partial charge in [-0.25, -0.2) is 9.78 Å². The smallest absolute Gasteiger partial charge is 0.327 e. The fraction of sp³-hybridized carbons (Fsp3) is 0.240.